The molecule has 2 fully saturated rings. The van der Waals surface area contributed by atoms with Gasteiger partial charge in [-0.1, -0.05) is 0 Å². The Balaban J connectivity index is 1.75. The molecule has 0 radical (unpaired) electrons. The molecule has 2 aliphatic heterocycles. The van der Waals surface area contributed by atoms with Crippen LogP contribution in [0.1, 0.15) is 12.8 Å². The highest BCUT2D eigenvalue weighted by Crippen LogP contribution is 2.20. The van der Waals surface area contributed by atoms with Crippen molar-refractivity contribution in [3.05, 3.63) is 0 Å². The Kier molecular flexibility index (Phi) is 3.84. The van der Waals surface area contributed by atoms with Crippen molar-refractivity contribution in [2.24, 2.45) is 5.73 Å². The van der Waals surface area contributed by atoms with E-state index in [2.05, 4.69) is 4.90 Å². The average Bonchev–Trinajstić information content (AvgIpc) is 2.69. The number of nitrogens with zero attached hydrogens (tertiary/aromatic N) is 1. The van der Waals surface area contributed by atoms with Gasteiger partial charge in [0.2, 0.25) is 0 Å². The molecule has 2 heterocycles. The molecule has 2 aliphatic rings. The van der Waals surface area contributed by atoms with E-state index in [9.17, 15) is 8.42 Å². The maximum Gasteiger partial charge on any atom is 0.152 e. The molecule has 2 rings (SSSR count). The molecule has 94 valence electrons. The first kappa shape index (κ1) is 12.3. The largest absolute Gasteiger partial charge is 0.372 e. The highest BCUT2D eigenvalue weighted by atomic mass is 32.2. The SMILES string of the molecule is NC[C@@H]1CC[C@H](CN2CCS(=O)(=O)CC2)O1. The van der Waals surface area contributed by atoms with Crippen LogP contribution in [0.15, 0.2) is 0 Å². The van der Waals surface area contributed by atoms with Crippen molar-refractivity contribution < 1.29 is 13.2 Å². The Bertz CT molecular complexity index is 317. The molecule has 0 aliphatic carbocycles. The zero-order valence-electron chi connectivity index (χ0n) is 9.47. The van der Waals surface area contributed by atoms with E-state index >= 15 is 0 Å². The monoisotopic (exact) mass is 248 g/mol. The molecule has 0 aromatic heterocycles. The quantitative estimate of drug-likeness (QED) is 0.709. The summed E-state index contributed by atoms with van der Waals surface area (Å²) in [6, 6.07) is 0. The van der Waals surface area contributed by atoms with Gasteiger partial charge >= 0.3 is 0 Å². The van der Waals surface area contributed by atoms with E-state index < -0.39 is 9.84 Å². The molecule has 2 saturated heterocycles. The van der Waals surface area contributed by atoms with Crippen molar-refractivity contribution >= 4 is 9.84 Å². The van der Waals surface area contributed by atoms with E-state index in [0.717, 1.165) is 19.4 Å². The number of hydrogen-bond acceptors (Lipinski definition) is 5. The number of nitrogens with two attached hydrogens (primary N) is 1. The first-order valence-electron chi connectivity index (χ1n) is 5.87. The summed E-state index contributed by atoms with van der Waals surface area (Å²) in [5.41, 5.74) is 5.55. The lowest BCUT2D eigenvalue weighted by atomic mass is 10.2. The van der Waals surface area contributed by atoms with Gasteiger partial charge in [0, 0.05) is 26.2 Å². The molecule has 0 spiro atoms. The van der Waals surface area contributed by atoms with Crippen LogP contribution in [0.2, 0.25) is 0 Å². The van der Waals surface area contributed by atoms with Gasteiger partial charge in [0.1, 0.15) is 0 Å². The standard InChI is InChI=1S/C10H20N2O3S/c11-7-9-1-2-10(15-9)8-12-3-5-16(13,14)6-4-12/h9-10H,1-8,11H2/t9-,10+/m0/s1. The lowest BCUT2D eigenvalue weighted by Crippen LogP contribution is -2.43. The van der Waals surface area contributed by atoms with Crippen LogP contribution in [0.4, 0.5) is 0 Å². The summed E-state index contributed by atoms with van der Waals surface area (Å²) in [6.45, 7) is 2.74. The van der Waals surface area contributed by atoms with Crippen LogP contribution >= 0.6 is 0 Å². The number of sulfone groups is 1. The van der Waals surface area contributed by atoms with Crippen molar-refractivity contribution in [1.29, 1.82) is 0 Å². The van der Waals surface area contributed by atoms with Crippen molar-refractivity contribution in [3.8, 4) is 0 Å². The van der Waals surface area contributed by atoms with Crippen LogP contribution < -0.4 is 5.73 Å². The van der Waals surface area contributed by atoms with Crippen molar-refractivity contribution in [3.63, 3.8) is 0 Å². The van der Waals surface area contributed by atoms with Gasteiger partial charge in [-0.15, -0.1) is 0 Å². The van der Waals surface area contributed by atoms with E-state index in [4.69, 9.17) is 10.5 Å². The molecule has 0 amide bonds. The van der Waals surface area contributed by atoms with Crippen molar-refractivity contribution in [2.45, 2.75) is 25.0 Å². The average molecular weight is 248 g/mol. The third-order valence-corrected chi connectivity index (χ3v) is 4.97. The summed E-state index contributed by atoms with van der Waals surface area (Å²) in [6.07, 6.45) is 2.53. The molecule has 2 atom stereocenters. The van der Waals surface area contributed by atoms with Crippen LogP contribution in [0.25, 0.3) is 0 Å². The van der Waals surface area contributed by atoms with Gasteiger partial charge in [-0.3, -0.25) is 4.90 Å². The second kappa shape index (κ2) is 5.00. The Morgan fingerprint density at radius 3 is 2.38 bits per heavy atom. The number of hydrogen-bond donors (Lipinski definition) is 1. The molecule has 5 nitrogen and oxygen atoms in total. The molecule has 6 heteroatoms. The third-order valence-electron chi connectivity index (χ3n) is 3.36. The number of rotatable bonds is 3. The van der Waals surface area contributed by atoms with Crippen LogP contribution in [0.3, 0.4) is 0 Å². The van der Waals surface area contributed by atoms with E-state index in [1.54, 1.807) is 0 Å². The van der Waals surface area contributed by atoms with Gasteiger partial charge in [0.25, 0.3) is 0 Å². The van der Waals surface area contributed by atoms with Gasteiger partial charge in [-0.2, -0.15) is 0 Å². The fourth-order valence-corrected chi connectivity index (χ4v) is 3.59. The predicted molar refractivity (Wildman–Crippen MR) is 62.0 cm³/mol. The van der Waals surface area contributed by atoms with E-state index in [1.165, 1.54) is 0 Å². The Labute approximate surface area is 96.9 Å². The zero-order valence-corrected chi connectivity index (χ0v) is 10.3. The lowest BCUT2D eigenvalue weighted by Gasteiger charge is -2.28. The Hall–Kier alpha value is -0.170. The molecule has 0 bridgehead atoms. The van der Waals surface area contributed by atoms with E-state index in [-0.39, 0.29) is 12.2 Å². The summed E-state index contributed by atoms with van der Waals surface area (Å²) < 4.78 is 28.3. The summed E-state index contributed by atoms with van der Waals surface area (Å²) in [7, 11) is -2.77. The highest BCUT2D eigenvalue weighted by Gasteiger charge is 2.28. The fourth-order valence-electron chi connectivity index (χ4n) is 2.31. The van der Waals surface area contributed by atoms with Crippen LogP contribution in [-0.2, 0) is 14.6 Å². The maximum absolute atomic E-state index is 11.3. The minimum absolute atomic E-state index is 0.207. The zero-order chi connectivity index (χ0) is 11.6. The number of ether oxygens (including phenoxy) is 1. The first-order chi connectivity index (χ1) is 7.59. The second-order valence-corrected chi connectivity index (χ2v) is 6.95. The summed E-state index contributed by atoms with van der Waals surface area (Å²) in [5.74, 6) is 0.583. The molecule has 2 N–H and O–H groups in total. The Morgan fingerprint density at radius 2 is 1.81 bits per heavy atom. The van der Waals surface area contributed by atoms with E-state index in [0.29, 0.717) is 31.1 Å². The van der Waals surface area contributed by atoms with Crippen molar-refractivity contribution in [1.82, 2.24) is 4.90 Å². The smallest absolute Gasteiger partial charge is 0.152 e. The van der Waals surface area contributed by atoms with E-state index in [1.807, 2.05) is 0 Å². The van der Waals surface area contributed by atoms with Crippen LogP contribution in [0, 0.1) is 0 Å². The Morgan fingerprint density at radius 1 is 1.19 bits per heavy atom. The van der Waals surface area contributed by atoms with Crippen molar-refractivity contribution in [2.75, 3.05) is 37.7 Å². The van der Waals surface area contributed by atoms with Gasteiger partial charge in [0.05, 0.1) is 23.7 Å². The summed E-state index contributed by atoms with van der Waals surface area (Å²) in [5, 5.41) is 0. The normalized spacial score (nSPS) is 35.3. The molecular formula is C10H20N2O3S. The molecule has 16 heavy (non-hydrogen) atoms. The van der Waals surface area contributed by atoms with Gasteiger partial charge in [-0.05, 0) is 12.8 Å². The molecular weight excluding hydrogens is 228 g/mol. The van der Waals surface area contributed by atoms with Gasteiger partial charge in [0.15, 0.2) is 9.84 Å². The second-order valence-electron chi connectivity index (χ2n) is 4.65. The summed E-state index contributed by atoms with van der Waals surface area (Å²) >= 11 is 0. The predicted octanol–water partition coefficient (Wildman–Crippen LogP) is -0.777. The van der Waals surface area contributed by atoms with Gasteiger partial charge < -0.3 is 10.5 Å². The molecule has 0 aromatic rings. The summed E-state index contributed by atoms with van der Waals surface area (Å²) in [4.78, 5) is 2.19. The maximum atomic E-state index is 11.3. The van der Waals surface area contributed by atoms with Crippen LogP contribution in [0.5, 0.6) is 0 Å². The fraction of sp³-hybridized carbons (Fsp3) is 1.00. The first-order valence-corrected chi connectivity index (χ1v) is 7.69. The molecule has 0 aromatic carbocycles. The lowest BCUT2D eigenvalue weighted by molar-refractivity contribution is 0.0287. The van der Waals surface area contributed by atoms with Crippen LogP contribution in [-0.4, -0.2) is 63.2 Å². The highest BCUT2D eigenvalue weighted by molar-refractivity contribution is 7.91. The third kappa shape index (κ3) is 3.16. The molecule has 0 saturated carbocycles. The topological polar surface area (TPSA) is 72.6 Å². The van der Waals surface area contributed by atoms with Gasteiger partial charge in [-0.25, -0.2) is 8.42 Å². The minimum atomic E-state index is -2.77. The molecule has 0 unspecified atom stereocenters. The minimum Gasteiger partial charge on any atom is -0.372 e.